The summed E-state index contributed by atoms with van der Waals surface area (Å²) >= 11 is 0. The van der Waals surface area contributed by atoms with Crippen molar-refractivity contribution < 1.29 is 14.4 Å². The molecule has 6 heteroatoms. The molecule has 1 aromatic carbocycles. The molecule has 0 heterocycles. The van der Waals surface area contributed by atoms with Crippen LogP contribution in [0.3, 0.4) is 0 Å². The van der Waals surface area contributed by atoms with E-state index in [2.05, 4.69) is 0 Å². The van der Waals surface area contributed by atoms with Gasteiger partial charge in [-0.2, -0.15) is 0 Å². The molecule has 0 N–H and O–H groups in total. The van der Waals surface area contributed by atoms with Crippen LogP contribution in [0.4, 0.5) is 5.69 Å². The van der Waals surface area contributed by atoms with Gasteiger partial charge in [0.15, 0.2) is 11.5 Å². The highest BCUT2D eigenvalue weighted by atomic mass is 16.6. The van der Waals surface area contributed by atoms with Gasteiger partial charge in [-0.1, -0.05) is 0 Å². The summed E-state index contributed by atoms with van der Waals surface area (Å²) in [6.45, 7) is 0.732. The summed E-state index contributed by atoms with van der Waals surface area (Å²) < 4.78 is 10.2. The lowest BCUT2D eigenvalue weighted by Gasteiger charge is -2.12. The van der Waals surface area contributed by atoms with Gasteiger partial charge in [0.25, 0.3) is 5.69 Å². The first kappa shape index (κ1) is 14.2. The fourth-order valence-corrected chi connectivity index (χ4v) is 1.62. The standard InChI is InChI=1S/C12H18N2O4/c1-13(2)6-5-9-7-11(17-3)12(18-4)8-10(9)14(15)16/h7-8H,5-6H2,1-4H3. The van der Waals surface area contributed by atoms with E-state index < -0.39 is 4.92 Å². The minimum atomic E-state index is -0.396. The normalized spacial score (nSPS) is 10.5. The zero-order chi connectivity index (χ0) is 13.7. The van der Waals surface area contributed by atoms with E-state index in [1.54, 1.807) is 6.07 Å². The first-order valence-electron chi connectivity index (χ1n) is 5.53. The average Bonchev–Trinajstić information content (AvgIpc) is 2.34. The fraction of sp³-hybridized carbons (Fsp3) is 0.500. The van der Waals surface area contributed by atoms with Crippen LogP contribution in [0.25, 0.3) is 0 Å². The van der Waals surface area contributed by atoms with Gasteiger partial charge >= 0.3 is 0 Å². The Morgan fingerprint density at radius 1 is 1.22 bits per heavy atom. The maximum Gasteiger partial charge on any atom is 0.276 e. The van der Waals surface area contributed by atoms with Crippen LogP contribution >= 0.6 is 0 Å². The van der Waals surface area contributed by atoms with Crippen LogP contribution < -0.4 is 9.47 Å². The Balaban J connectivity index is 3.16. The number of nitrogens with zero attached hydrogens (tertiary/aromatic N) is 2. The van der Waals surface area contributed by atoms with Crippen molar-refractivity contribution in [2.75, 3.05) is 34.9 Å². The number of ether oxygens (including phenoxy) is 2. The SMILES string of the molecule is COc1cc(CCN(C)C)c([N+](=O)[O-])cc1OC. The number of rotatable bonds is 6. The van der Waals surface area contributed by atoms with Crippen molar-refractivity contribution >= 4 is 5.69 Å². The summed E-state index contributed by atoms with van der Waals surface area (Å²) in [5, 5.41) is 11.0. The number of methoxy groups -OCH3 is 2. The van der Waals surface area contributed by atoms with Gasteiger partial charge in [-0.05, 0) is 26.6 Å². The highest BCUT2D eigenvalue weighted by Crippen LogP contribution is 2.34. The van der Waals surface area contributed by atoms with Crippen molar-refractivity contribution in [1.82, 2.24) is 4.90 Å². The largest absolute Gasteiger partial charge is 0.493 e. The third-order valence-corrected chi connectivity index (χ3v) is 2.61. The molecule has 0 radical (unpaired) electrons. The Morgan fingerprint density at radius 2 is 1.78 bits per heavy atom. The smallest absolute Gasteiger partial charge is 0.276 e. The van der Waals surface area contributed by atoms with Crippen LogP contribution in [-0.4, -0.2) is 44.7 Å². The number of benzene rings is 1. The number of nitro groups is 1. The summed E-state index contributed by atoms with van der Waals surface area (Å²) in [7, 11) is 6.82. The maximum absolute atomic E-state index is 11.0. The second kappa shape index (κ2) is 6.20. The predicted octanol–water partition coefficient (Wildman–Crippen LogP) is 1.72. The average molecular weight is 254 g/mol. The summed E-state index contributed by atoms with van der Waals surface area (Å²) in [5.74, 6) is 0.884. The minimum Gasteiger partial charge on any atom is -0.493 e. The Morgan fingerprint density at radius 3 is 2.22 bits per heavy atom. The molecule has 0 spiro atoms. The molecule has 0 unspecified atom stereocenters. The Hall–Kier alpha value is -1.82. The topological polar surface area (TPSA) is 64.8 Å². The summed E-state index contributed by atoms with van der Waals surface area (Å²) in [5.41, 5.74) is 0.709. The van der Waals surface area contributed by atoms with Gasteiger partial charge in [0.2, 0.25) is 0 Å². The van der Waals surface area contributed by atoms with Crippen molar-refractivity contribution in [2.24, 2.45) is 0 Å². The first-order chi connectivity index (χ1) is 8.49. The van der Waals surface area contributed by atoms with Crippen molar-refractivity contribution in [3.8, 4) is 11.5 Å². The van der Waals surface area contributed by atoms with E-state index in [9.17, 15) is 10.1 Å². The summed E-state index contributed by atoms with van der Waals surface area (Å²) in [6.07, 6.45) is 0.587. The van der Waals surface area contributed by atoms with Crippen LogP contribution in [-0.2, 0) is 6.42 Å². The number of hydrogen-bond donors (Lipinski definition) is 0. The van der Waals surface area contributed by atoms with Crippen LogP contribution in [0.2, 0.25) is 0 Å². The molecule has 100 valence electrons. The zero-order valence-corrected chi connectivity index (χ0v) is 11.1. The van der Waals surface area contributed by atoms with Gasteiger partial charge in [-0.3, -0.25) is 10.1 Å². The lowest BCUT2D eigenvalue weighted by atomic mass is 10.1. The molecule has 1 aromatic rings. The molecule has 0 bridgehead atoms. The molecule has 0 aromatic heterocycles. The molecule has 0 aliphatic carbocycles. The molecule has 0 atom stereocenters. The van der Waals surface area contributed by atoms with E-state index in [1.807, 2.05) is 19.0 Å². The van der Waals surface area contributed by atoms with Crippen LogP contribution in [0.15, 0.2) is 12.1 Å². The van der Waals surface area contributed by atoms with Crippen LogP contribution in [0.1, 0.15) is 5.56 Å². The molecular weight excluding hydrogens is 236 g/mol. The van der Waals surface area contributed by atoms with Gasteiger partial charge in [0.1, 0.15) is 0 Å². The number of hydrogen-bond acceptors (Lipinski definition) is 5. The molecule has 1 rings (SSSR count). The quantitative estimate of drug-likeness (QED) is 0.571. The zero-order valence-electron chi connectivity index (χ0n) is 11.1. The Kier molecular flexibility index (Phi) is 4.91. The van der Waals surface area contributed by atoms with Crippen molar-refractivity contribution in [3.63, 3.8) is 0 Å². The maximum atomic E-state index is 11.0. The second-order valence-electron chi connectivity index (χ2n) is 4.15. The van der Waals surface area contributed by atoms with Gasteiger partial charge in [0.05, 0.1) is 25.2 Å². The molecule has 0 aliphatic heterocycles. The van der Waals surface area contributed by atoms with E-state index >= 15 is 0 Å². The third-order valence-electron chi connectivity index (χ3n) is 2.61. The molecule has 0 saturated heterocycles. The monoisotopic (exact) mass is 254 g/mol. The molecule has 0 fully saturated rings. The van der Waals surface area contributed by atoms with Gasteiger partial charge in [-0.15, -0.1) is 0 Å². The Bertz CT molecular complexity index is 432. The molecule has 0 amide bonds. The van der Waals surface area contributed by atoms with E-state index in [4.69, 9.17) is 9.47 Å². The summed E-state index contributed by atoms with van der Waals surface area (Å²) in [4.78, 5) is 12.6. The lowest BCUT2D eigenvalue weighted by molar-refractivity contribution is -0.385. The van der Waals surface area contributed by atoms with Gasteiger partial charge in [-0.25, -0.2) is 0 Å². The molecule has 18 heavy (non-hydrogen) atoms. The Labute approximate surface area is 106 Å². The van der Waals surface area contributed by atoms with Crippen LogP contribution in [0.5, 0.6) is 11.5 Å². The minimum absolute atomic E-state index is 0.0644. The van der Waals surface area contributed by atoms with Gasteiger partial charge in [0, 0.05) is 12.1 Å². The summed E-state index contributed by atoms with van der Waals surface area (Å²) in [6, 6.07) is 3.07. The van der Waals surface area contributed by atoms with E-state index in [0.29, 0.717) is 23.5 Å². The molecule has 6 nitrogen and oxygen atoms in total. The first-order valence-corrected chi connectivity index (χ1v) is 5.53. The van der Waals surface area contributed by atoms with Crippen molar-refractivity contribution in [3.05, 3.63) is 27.8 Å². The molecule has 0 aliphatic rings. The highest BCUT2D eigenvalue weighted by Gasteiger charge is 2.19. The number of nitro benzene ring substituents is 1. The predicted molar refractivity (Wildman–Crippen MR) is 68.5 cm³/mol. The van der Waals surface area contributed by atoms with Crippen molar-refractivity contribution in [2.45, 2.75) is 6.42 Å². The number of likely N-dealkylation sites (N-methyl/N-ethyl adjacent to an activating group) is 1. The van der Waals surface area contributed by atoms with Gasteiger partial charge < -0.3 is 14.4 Å². The third kappa shape index (κ3) is 3.33. The fourth-order valence-electron chi connectivity index (χ4n) is 1.62. The van der Waals surface area contributed by atoms with Crippen molar-refractivity contribution in [1.29, 1.82) is 0 Å². The molecular formula is C12H18N2O4. The lowest BCUT2D eigenvalue weighted by Crippen LogP contribution is -2.15. The highest BCUT2D eigenvalue weighted by molar-refractivity contribution is 5.54. The van der Waals surface area contributed by atoms with E-state index in [0.717, 1.165) is 6.54 Å². The molecule has 0 saturated carbocycles. The van der Waals surface area contributed by atoms with E-state index in [1.165, 1.54) is 20.3 Å². The van der Waals surface area contributed by atoms with E-state index in [-0.39, 0.29) is 5.69 Å². The van der Waals surface area contributed by atoms with Crippen LogP contribution in [0, 0.1) is 10.1 Å². The second-order valence-corrected chi connectivity index (χ2v) is 4.15.